The van der Waals surface area contributed by atoms with Gasteiger partial charge in [-0.1, -0.05) is 58.4 Å². The van der Waals surface area contributed by atoms with Gasteiger partial charge in [0.05, 0.1) is 12.1 Å². The lowest BCUT2D eigenvalue weighted by Gasteiger charge is -2.38. The van der Waals surface area contributed by atoms with Crippen molar-refractivity contribution in [3.05, 3.63) is 94.0 Å². The van der Waals surface area contributed by atoms with Crippen molar-refractivity contribution in [1.82, 2.24) is 10.2 Å². The Morgan fingerprint density at radius 2 is 1.74 bits per heavy atom. The number of carbonyl (C=O) groups excluding carboxylic acids is 2. The lowest BCUT2D eigenvalue weighted by molar-refractivity contribution is -0.139. The number of para-hydroxylation sites is 1. The monoisotopic (exact) mass is 637 g/mol. The summed E-state index contributed by atoms with van der Waals surface area (Å²) in [5.74, 6) is -1.98. The molecule has 220 valence electrons. The largest absolute Gasteiger partial charge is 0.482 e. The number of aliphatic hydroxyl groups is 1. The molecular weight excluding hydrogens is 606 g/mol. The van der Waals surface area contributed by atoms with Crippen LogP contribution in [0.4, 0.5) is 5.69 Å². The van der Waals surface area contributed by atoms with Crippen molar-refractivity contribution in [2.45, 2.75) is 24.5 Å². The van der Waals surface area contributed by atoms with Crippen LogP contribution in [0.1, 0.15) is 35.6 Å². The summed E-state index contributed by atoms with van der Waals surface area (Å²) in [4.78, 5) is 39.3. The molecule has 12 heteroatoms. The van der Waals surface area contributed by atoms with E-state index >= 15 is 0 Å². The number of nitrogens with zero attached hydrogens (tertiary/aromatic N) is 1. The highest BCUT2D eigenvalue weighted by Gasteiger charge is 2.35. The minimum Gasteiger partial charge on any atom is -0.482 e. The summed E-state index contributed by atoms with van der Waals surface area (Å²) in [5.41, 5.74) is 6.65. The van der Waals surface area contributed by atoms with Crippen LogP contribution in [0.2, 0.25) is 0 Å². The van der Waals surface area contributed by atoms with E-state index in [1.165, 1.54) is 0 Å². The summed E-state index contributed by atoms with van der Waals surface area (Å²) < 4.78 is 6.35. The van der Waals surface area contributed by atoms with E-state index < -0.39 is 30.1 Å². The third-order valence-corrected chi connectivity index (χ3v) is 7.60. The van der Waals surface area contributed by atoms with Crippen LogP contribution < -0.4 is 21.1 Å². The molecule has 1 aliphatic rings. The summed E-state index contributed by atoms with van der Waals surface area (Å²) in [5, 5.41) is 33.8. The maximum Gasteiger partial charge on any atom is 0.341 e. The number of carboxylic acids is 1. The summed E-state index contributed by atoms with van der Waals surface area (Å²) in [6.07, 6.45) is 0.721. The SMILES string of the molecule is N=C(N)c1cccc(NC(C(=O)NCC(=O)N2CCC(O)(c3ccc(Br)cc3)CC2)c2ccccc2OCC(=O)O)c1. The number of likely N-dealkylation sites (tertiary alicyclic amines) is 1. The number of amidine groups is 1. The molecule has 1 saturated heterocycles. The Labute approximate surface area is 251 Å². The van der Waals surface area contributed by atoms with Gasteiger partial charge in [-0.2, -0.15) is 0 Å². The van der Waals surface area contributed by atoms with Gasteiger partial charge < -0.3 is 36.2 Å². The van der Waals surface area contributed by atoms with Crippen molar-refractivity contribution in [2.24, 2.45) is 5.73 Å². The molecule has 0 aromatic heterocycles. The molecule has 0 radical (unpaired) electrons. The lowest BCUT2D eigenvalue weighted by Crippen LogP contribution is -2.49. The van der Waals surface area contributed by atoms with E-state index in [0.717, 1.165) is 10.0 Å². The number of nitrogens with two attached hydrogens (primary N) is 1. The maximum absolute atomic E-state index is 13.5. The first-order chi connectivity index (χ1) is 20.1. The molecule has 0 saturated carbocycles. The van der Waals surface area contributed by atoms with Crippen LogP contribution >= 0.6 is 15.9 Å². The van der Waals surface area contributed by atoms with Crippen LogP contribution in [-0.2, 0) is 20.0 Å². The Hall–Kier alpha value is -4.42. The van der Waals surface area contributed by atoms with Crippen LogP contribution in [-0.4, -0.2) is 65.0 Å². The highest BCUT2D eigenvalue weighted by Crippen LogP contribution is 2.33. The molecular formula is C30H32BrN5O6. The Morgan fingerprint density at radius 3 is 2.40 bits per heavy atom. The topological polar surface area (TPSA) is 178 Å². The standard InChI is InChI=1S/C30H32BrN5O6/c31-21-10-8-20(9-11-21)30(41)12-14-36(15-13-30)25(37)17-34-29(40)27(35-22-5-3-4-19(16-22)28(32)33)23-6-1-2-7-24(23)42-18-26(38)39/h1-11,16,27,35,41H,12-15,17-18H2,(H3,32,33)(H,34,40)(H,38,39). The first kappa shape index (κ1) is 30.5. The molecule has 1 aliphatic heterocycles. The summed E-state index contributed by atoms with van der Waals surface area (Å²) in [6.45, 7) is -0.232. The van der Waals surface area contributed by atoms with Crippen LogP contribution in [0.5, 0.6) is 5.75 Å². The van der Waals surface area contributed by atoms with Gasteiger partial charge in [-0.3, -0.25) is 15.0 Å². The zero-order valence-corrected chi connectivity index (χ0v) is 24.3. The first-order valence-corrected chi connectivity index (χ1v) is 14.0. The number of piperidine rings is 1. The first-order valence-electron chi connectivity index (χ1n) is 13.2. The Kier molecular flexibility index (Phi) is 9.81. The van der Waals surface area contributed by atoms with Gasteiger partial charge >= 0.3 is 5.97 Å². The van der Waals surface area contributed by atoms with Crippen molar-refractivity contribution in [2.75, 3.05) is 31.6 Å². The fraction of sp³-hybridized carbons (Fsp3) is 0.267. The number of nitrogens with one attached hydrogen (secondary N) is 3. The van der Waals surface area contributed by atoms with Gasteiger partial charge in [0, 0.05) is 34.4 Å². The number of halogens is 1. The molecule has 2 amide bonds. The molecule has 4 rings (SSSR count). The molecule has 3 aromatic carbocycles. The molecule has 1 heterocycles. The second-order valence-electron chi connectivity index (χ2n) is 9.93. The molecule has 1 unspecified atom stereocenters. The van der Waals surface area contributed by atoms with Crippen LogP contribution in [0.15, 0.2) is 77.3 Å². The van der Waals surface area contributed by atoms with Crippen LogP contribution in [0.3, 0.4) is 0 Å². The molecule has 3 aromatic rings. The van der Waals surface area contributed by atoms with Gasteiger partial charge in [0.25, 0.3) is 0 Å². The number of rotatable bonds is 11. The minimum absolute atomic E-state index is 0.149. The molecule has 1 fully saturated rings. The Bertz CT molecular complexity index is 1460. The number of carbonyl (C=O) groups is 3. The average molecular weight is 639 g/mol. The normalized spacial score (nSPS) is 14.9. The Balaban J connectivity index is 1.47. The van der Waals surface area contributed by atoms with Gasteiger partial charge in [0.15, 0.2) is 6.61 Å². The number of aliphatic carboxylic acids is 1. The highest BCUT2D eigenvalue weighted by atomic mass is 79.9. The highest BCUT2D eigenvalue weighted by molar-refractivity contribution is 9.10. The van der Waals surface area contributed by atoms with Gasteiger partial charge in [0.2, 0.25) is 11.8 Å². The number of ether oxygens (including phenoxy) is 1. The molecule has 11 nitrogen and oxygen atoms in total. The number of amides is 2. The third kappa shape index (κ3) is 7.65. The van der Waals surface area contributed by atoms with Crippen molar-refractivity contribution < 1.29 is 29.3 Å². The fourth-order valence-corrected chi connectivity index (χ4v) is 5.03. The van der Waals surface area contributed by atoms with Crippen LogP contribution in [0, 0.1) is 5.41 Å². The second kappa shape index (κ2) is 13.5. The second-order valence-corrected chi connectivity index (χ2v) is 10.8. The third-order valence-electron chi connectivity index (χ3n) is 7.07. The van der Waals surface area contributed by atoms with E-state index in [9.17, 15) is 19.5 Å². The van der Waals surface area contributed by atoms with Gasteiger partial charge in [-0.15, -0.1) is 0 Å². The smallest absolute Gasteiger partial charge is 0.341 e. The summed E-state index contributed by atoms with van der Waals surface area (Å²) in [7, 11) is 0. The summed E-state index contributed by atoms with van der Waals surface area (Å²) >= 11 is 3.40. The molecule has 0 spiro atoms. The predicted molar refractivity (Wildman–Crippen MR) is 160 cm³/mol. The zero-order chi connectivity index (χ0) is 30.3. The summed E-state index contributed by atoms with van der Waals surface area (Å²) in [6, 6.07) is 19.5. The van der Waals surface area contributed by atoms with E-state index in [-0.39, 0.29) is 24.0 Å². The lowest BCUT2D eigenvalue weighted by atomic mass is 9.84. The van der Waals surface area contributed by atoms with Crippen molar-refractivity contribution in [3.8, 4) is 5.75 Å². The van der Waals surface area contributed by atoms with Crippen molar-refractivity contribution in [1.29, 1.82) is 5.41 Å². The van der Waals surface area contributed by atoms with Gasteiger partial charge in [-0.05, 0) is 48.7 Å². The van der Waals surface area contributed by atoms with Gasteiger partial charge in [-0.25, -0.2) is 4.79 Å². The van der Waals surface area contributed by atoms with Crippen LogP contribution in [0.25, 0.3) is 0 Å². The van der Waals surface area contributed by atoms with E-state index in [4.69, 9.17) is 21.0 Å². The van der Waals surface area contributed by atoms with E-state index in [1.807, 2.05) is 24.3 Å². The molecule has 42 heavy (non-hydrogen) atoms. The number of nitrogen functional groups attached to an aromatic ring is 1. The number of benzene rings is 3. The van der Waals surface area contributed by atoms with E-state index in [0.29, 0.717) is 42.7 Å². The minimum atomic E-state index is -1.17. The number of carboxylic acid groups (broad SMARTS) is 1. The molecule has 7 N–H and O–H groups in total. The molecule has 0 aliphatic carbocycles. The quantitative estimate of drug-likeness (QED) is 0.137. The molecule has 0 bridgehead atoms. The molecule has 1 atom stereocenters. The van der Waals surface area contributed by atoms with Gasteiger partial charge in [0.1, 0.15) is 17.6 Å². The van der Waals surface area contributed by atoms with Crippen molar-refractivity contribution >= 4 is 45.2 Å². The maximum atomic E-state index is 13.5. The van der Waals surface area contributed by atoms with E-state index in [2.05, 4.69) is 26.6 Å². The fourth-order valence-electron chi connectivity index (χ4n) is 4.77. The van der Waals surface area contributed by atoms with Crippen molar-refractivity contribution in [3.63, 3.8) is 0 Å². The average Bonchev–Trinajstić information content (AvgIpc) is 2.98. The predicted octanol–water partition coefficient (Wildman–Crippen LogP) is 2.98. The number of hydrogen-bond donors (Lipinski definition) is 6. The zero-order valence-electron chi connectivity index (χ0n) is 22.7. The van der Waals surface area contributed by atoms with E-state index in [1.54, 1.807) is 53.4 Å². The number of hydrogen-bond acceptors (Lipinski definition) is 7. The Morgan fingerprint density at radius 1 is 1.05 bits per heavy atom. The number of anilines is 1.